The third-order valence-electron chi connectivity index (χ3n) is 7.01. The molecule has 0 fully saturated rings. The molecule has 0 spiro atoms. The molecule has 3 amide bonds. The summed E-state index contributed by atoms with van der Waals surface area (Å²) < 4.78 is 0. The fraction of sp³-hybridized carbons (Fsp3) is 0.382. The van der Waals surface area contributed by atoms with E-state index in [1.54, 1.807) is 23.1 Å². The van der Waals surface area contributed by atoms with Crippen LogP contribution in [0.1, 0.15) is 70.5 Å². The zero-order chi connectivity index (χ0) is 30.5. The fourth-order valence-electron chi connectivity index (χ4n) is 4.90. The minimum atomic E-state index is -1.42. The molecule has 3 aromatic carbocycles. The molecule has 0 aliphatic heterocycles. The van der Waals surface area contributed by atoms with Gasteiger partial charge >= 0.3 is 0 Å². The Balaban J connectivity index is 1.76. The molecule has 8 nitrogen and oxygen atoms in total. The second-order valence-electron chi connectivity index (χ2n) is 10.7. The number of nitrogens with zero attached hydrogens (tertiary/aromatic N) is 1. The van der Waals surface area contributed by atoms with Crippen molar-refractivity contribution in [3.8, 4) is 0 Å². The highest BCUT2D eigenvalue weighted by molar-refractivity contribution is 6.00. The Hall–Kier alpha value is -4.01. The van der Waals surface area contributed by atoms with Gasteiger partial charge in [0, 0.05) is 30.8 Å². The maximum atomic E-state index is 13.5. The average Bonchev–Trinajstić information content (AvgIpc) is 2.99. The SMILES string of the molecule is CCCN(CCC)C(=O)c1cc(C)cc(C(=O)NC(Cc2ccccc2)C(O)C(O)CC(=O)NCc2ccccc2)c1. The summed E-state index contributed by atoms with van der Waals surface area (Å²) in [5.74, 6) is -1.03. The lowest BCUT2D eigenvalue weighted by atomic mass is 9.95. The van der Waals surface area contributed by atoms with E-state index in [-0.39, 0.29) is 24.3 Å². The lowest BCUT2D eigenvalue weighted by Gasteiger charge is -2.28. The first-order valence-electron chi connectivity index (χ1n) is 14.6. The highest BCUT2D eigenvalue weighted by Crippen LogP contribution is 2.16. The third-order valence-corrected chi connectivity index (χ3v) is 7.01. The summed E-state index contributed by atoms with van der Waals surface area (Å²) in [5.41, 5.74) is 3.23. The topological polar surface area (TPSA) is 119 Å². The van der Waals surface area contributed by atoms with Crippen molar-refractivity contribution >= 4 is 17.7 Å². The number of benzene rings is 3. The number of aliphatic hydroxyl groups excluding tert-OH is 2. The van der Waals surface area contributed by atoms with Gasteiger partial charge in [-0.15, -0.1) is 0 Å². The van der Waals surface area contributed by atoms with Crippen LogP contribution in [0.4, 0.5) is 0 Å². The van der Waals surface area contributed by atoms with Crippen molar-refractivity contribution in [2.75, 3.05) is 13.1 Å². The van der Waals surface area contributed by atoms with Gasteiger partial charge in [-0.05, 0) is 61.1 Å². The molecule has 8 heteroatoms. The van der Waals surface area contributed by atoms with E-state index in [2.05, 4.69) is 10.6 Å². The number of aryl methyl sites for hydroxylation is 1. The summed E-state index contributed by atoms with van der Waals surface area (Å²) >= 11 is 0. The molecule has 3 aromatic rings. The molecule has 0 aliphatic carbocycles. The predicted molar refractivity (Wildman–Crippen MR) is 164 cm³/mol. The van der Waals surface area contributed by atoms with E-state index in [1.165, 1.54) is 0 Å². The summed E-state index contributed by atoms with van der Waals surface area (Å²) in [6.07, 6.45) is -1.28. The number of amides is 3. The molecule has 0 aliphatic rings. The summed E-state index contributed by atoms with van der Waals surface area (Å²) in [6.45, 7) is 7.42. The number of rotatable bonds is 15. The van der Waals surface area contributed by atoms with Crippen LogP contribution in [0.2, 0.25) is 0 Å². The van der Waals surface area contributed by atoms with Crippen LogP contribution in [-0.2, 0) is 17.8 Å². The number of carbonyl (C=O) groups is 3. The van der Waals surface area contributed by atoms with E-state index in [1.807, 2.05) is 81.4 Å². The molecule has 0 aromatic heterocycles. The Morgan fingerprint density at radius 2 is 1.38 bits per heavy atom. The number of hydrogen-bond acceptors (Lipinski definition) is 5. The normalized spacial score (nSPS) is 13.1. The van der Waals surface area contributed by atoms with Crippen molar-refractivity contribution < 1.29 is 24.6 Å². The maximum Gasteiger partial charge on any atom is 0.253 e. The van der Waals surface area contributed by atoms with Crippen LogP contribution in [0, 0.1) is 6.92 Å². The lowest BCUT2D eigenvalue weighted by Crippen LogP contribution is -2.50. The molecule has 3 rings (SSSR count). The first-order chi connectivity index (χ1) is 20.2. The molecule has 3 atom stereocenters. The van der Waals surface area contributed by atoms with Gasteiger partial charge < -0.3 is 25.7 Å². The number of nitrogens with one attached hydrogen (secondary N) is 2. The molecule has 4 N–H and O–H groups in total. The van der Waals surface area contributed by atoms with Gasteiger partial charge in [0.1, 0.15) is 6.10 Å². The minimum Gasteiger partial charge on any atom is -0.390 e. The molecule has 3 unspecified atom stereocenters. The van der Waals surface area contributed by atoms with Crippen molar-refractivity contribution in [2.45, 2.75) is 71.2 Å². The Morgan fingerprint density at radius 1 is 0.810 bits per heavy atom. The second kappa shape index (κ2) is 16.4. The van der Waals surface area contributed by atoms with Crippen molar-refractivity contribution in [3.63, 3.8) is 0 Å². The molecule has 0 radical (unpaired) electrons. The minimum absolute atomic E-state index is 0.130. The van der Waals surface area contributed by atoms with E-state index in [0.29, 0.717) is 25.2 Å². The zero-order valence-corrected chi connectivity index (χ0v) is 24.8. The van der Waals surface area contributed by atoms with E-state index in [0.717, 1.165) is 29.5 Å². The Labute approximate surface area is 248 Å². The highest BCUT2D eigenvalue weighted by Gasteiger charge is 2.30. The monoisotopic (exact) mass is 573 g/mol. The summed E-state index contributed by atoms with van der Waals surface area (Å²) in [7, 11) is 0. The molecule has 0 saturated carbocycles. The van der Waals surface area contributed by atoms with Gasteiger partial charge in [0.15, 0.2) is 0 Å². The number of aliphatic hydroxyl groups is 2. The molecule has 0 heterocycles. The van der Waals surface area contributed by atoms with Gasteiger partial charge in [-0.25, -0.2) is 0 Å². The van der Waals surface area contributed by atoms with Crippen LogP contribution in [0.25, 0.3) is 0 Å². The van der Waals surface area contributed by atoms with Crippen molar-refractivity contribution in [2.24, 2.45) is 0 Å². The predicted octanol–water partition coefficient (Wildman–Crippen LogP) is 4.03. The van der Waals surface area contributed by atoms with Gasteiger partial charge in [0.2, 0.25) is 5.91 Å². The first kappa shape index (κ1) is 32.5. The van der Waals surface area contributed by atoms with Gasteiger partial charge in [-0.3, -0.25) is 14.4 Å². The summed E-state index contributed by atoms with van der Waals surface area (Å²) in [4.78, 5) is 41.1. The summed E-state index contributed by atoms with van der Waals surface area (Å²) in [6, 6.07) is 22.8. The molecule has 224 valence electrons. The number of hydrogen-bond donors (Lipinski definition) is 4. The first-order valence-corrected chi connectivity index (χ1v) is 14.6. The largest absolute Gasteiger partial charge is 0.390 e. The standard InChI is InChI=1S/C34H43N3O5/c1-4-16-37(17-5-2)34(42)28-19-24(3)18-27(21-28)33(41)36-29(20-25-12-8-6-9-13-25)32(40)30(38)22-31(39)35-23-26-14-10-7-11-15-26/h6-15,18-19,21,29-30,32,38,40H,4-5,16-17,20,22-23H2,1-3H3,(H,35,39)(H,36,41). The zero-order valence-electron chi connectivity index (χ0n) is 24.8. The van der Waals surface area contributed by atoms with Gasteiger partial charge in [-0.1, -0.05) is 74.5 Å². The van der Waals surface area contributed by atoms with Crippen molar-refractivity contribution in [3.05, 3.63) is 107 Å². The fourth-order valence-corrected chi connectivity index (χ4v) is 4.90. The van der Waals surface area contributed by atoms with E-state index < -0.39 is 30.1 Å². The van der Waals surface area contributed by atoms with Crippen LogP contribution in [-0.4, -0.2) is 64.2 Å². The van der Waals surface area contributed by atoms with Gasteiger partial charge in [0.25, 0.3) is 11.8 Å². The van der Waals surface area contributed by atoms with E-state index >= 15 is 0 Å². The van der Waals surface area contributed by atoms with Gasteiger partial charge in [0.05, 0.1) is 18.6 Å². The molecule has 42 heavy (non-hydrogen) atoms. The van der Waals surface area contributed by atoms with Crippen LogP contribution < -0.4 is 10.6 Å². The van der Waals surface area contributed by atoms with E-state index in [9.17, 15) is 24.6 Å². The Morgan fingerprint density at radius 3 is 1.98 bits per heavy atom. The van der Waals surface area contributed by atoms with Crippen molar-refractivity contribution in [1.29, 1.82) is 0 Å². The quantitative estimate of drug-likeness (QED) is 0.219. The molecular formula is C34H43N3O5. The highest BCUT2D eigenvalue weighted by atomic mass is 16.3. The smallest absolute Gasteiger partial charge is 0.253 e. The average molecular weight is 574 g/mol. The van der Waals surface area contributed by atoms with Crippen LogP contribution in [0.15, 0.2) is 78.9 Å². The maximum absolute atomic E-state index is 13.5. The Kier molecular flexibility index (Phi) is 12.7. The van der Waals surface area contributed by atoms with Crippen molar-refractivity contribution in [1.82, 2.24) is 15.5 Å². The third kappa shape index (κ3) is 9.82. The lowest BCUT2D eigenvalue weighted by molar-refractivity contribution is -0.125. The van der Waals surface area contributed by atoms with Crippen LogP contribution >= 0.6 is 0 Å². The molecule has 0 saturated heterocycles. The summed E-state index contributed by atoms with van der Waals surface area (Å²) in [5, 5.41) is 27.6. The van der Waals surface area contributed by atoms with E-state index in [4.69, 9.17) is 0 Å². The Bertz CT molecular complexity index is 1290. The molecular weight excluding hydrogens is 530 g/mol. The number of carbonyl (C=O) groups excluding carboxylic acids is 3. The second-order valence-corrected chi connectivity index (χ2v) is 10.7. The van der Waals surface area contributed by atoms with Crippen LogP contribution in [0.5, 0.6) is 0 Å². The molecule has 0 bridgehead atoms. The van der Waals surface area contributed by atoms with Crippen LogP contribution in [0.3, 0.4) is 0 Å². The van der Waals surface area contributed by atoms with Gasteiger partial charge in [-0.2, -0.15) is 0 Å².